The van der Waals surface area contributed by atoms with Gasteiger partial charge in [0.15, 0.2) is 0 Å². The lowest BCUT2D eigenvalue weighted by molar-refractivity contribution is -0.123. The molecule has 0 spiro atoms. The molecule has 0 radical (unpaired) electrons. The number of carboxylic acid groups (broad SMARTS) is 1. The number of rotatable bonds is 5. The minimum Gasteiger partial charge on any atom is -0.478 e. The third-order valence-electron chi connectivity index (χ3n) is 2.38. The number of hydrogen-bond acceptors (Lipinski definition) is 4. The van der Waals surface area contributed by atoms with Crippen LogP contribution in [-0.4, -0.2) is 36.0 Å². The van der Waals surface area contributed by atoms with Gasteiger partial charge in [0.1, 0.15) is 0 Å². The molecule has 0 unspecified atom stereocenters. The van der Waals surface area contributed by atoms with E-state index in [1.807, 2.05) is 0 Å². The van der Waals surface area contributed by atoms with Crippen LogP contribution in [-0.2, 0) is 9.59 Å². The van der Waals surface area contributed by atoms with E-state index in [9.17, 15) is 14.4 Å². The molecule has 0 fully saturated rings. The highest BCUT2D eigenvalue weighted by atomic mass is 16.4. The first-order valence-electron chi connectivity index (χ1n) is 5.54. The summed E-state index contributed by atoms with van der Waals surface area (Å²) in [4.78, 5) is 33.3. The van der Waals surface area contributed by atoms with Gasteiger partial charge in [-0.25, -0.2) is 4.79 Å². The van der Waals surface area contributed by atoms with Crippen molar-refractivity contribution in [2.45, 2.75) is 6.92 Å². The number of carboxylic acids is 1. The third kappa shape index (κ3) is 4.40. The number of hydrogen-bond donors (Lipinski definition) is 4. The number of amides is 2. The zero-order valence-corrected chi connectivity index (χ0v) is 10.4. The summed E-state index contributed by atoms with van der Waals surface area (Å²) in [5, 5.41) is 13.7. The highest BCUT2D eigenvalue weighted by Crippen LogP contribution is 2.15. The highest BCUT2D eigenvalue weighted by molar-refractivity contribution is 5.96. The maximum atomic E-state index is 11.5. The molecule has 2 amide bonds. The van der Waals surface area contributed by atoms with Gasteiger partial charge in [-0.15, -0.1) is 0 Å². The summed E-state index contributed by atoms with van der Waals surface area (Å²) in [6.07, 6.45) is 0. The summed E-state index contributed by atoms with van der Waals surface area (Å²) in [5.74, 6) is -1.96. The van der Waals surface area contributed by atoms with Gasteiger partial charge >= 0.3 is 5.97 Å². The highest BCUT2D eigenvalue weighted by Gasteiger charge is 2.10. The van der Waals surface area contributed by atoms with E-state index < -0.39 is 17.8 Å². The van der Waals surface area contributed by atoms with Gasteiger partial charge in [0, 0.05) is 5.69 Å². The van der Waals surface area contributed by atoms with Gasteiger partial charge in [0.2, 0.25) is 11.8 Å². The molecule has 0 saturated heterocycles. The first-order valence-corrected chi connectivity index (χ1v) is 5.54. The summed E-state index contributed by atoms with van der Waals surface area (Å²) in [6, 6.07) is 4.54. The van der Waals surface area contributed by atoms with E-state index in [2.05, 4.69) is 10.6 Å². The maximum absolute atomic E-state index is 11.5. The molecule has 5 N–H and O–H groups in total. The third-order valence-corrected chi connectivity index (χ3v) is 2.38. The molecule has 0 bridgehead atoms. The van der Waals surface area contributed by atoms with Crippen molar-refractivity contribution in [3.63, 3.8) is 0 Å². The van der Waals surface area contributed by atoms with Crippen molar-refractivity contribution in [3.05, 3.63) is 29.3 Å². The predicted molar refractivity (Wildman–Crippen MR) is 68.8 cm³/mol. The molecule has 0 aromatic heterocycles. The van der Waals surface area contributed by atoms with E-state index in [1.165, 1.54) is 6.07 Å². The molecule has 1 aromatic carbocycles. The Kier molecular flexibility index (Phi) is 5.01. The Morgan fingerprint density at radius 3 is 2.53 bits per heavy atom. The molecule has 0 atom stereocenters. The number of carbonyl (C=O) groups is 3. The standard InChI is InChI=1S/C12H15N3O4/c1-7-2-3-8(4-9(7)12(18)19)15-11(17)6-14-10(16)5-13/h2-4H,5-6,13H2,1H3,(H,14,16)(H,15,17)(H,18,19). The minimum absolute atomic E-state index is 0.115. The molecule has 102 valence electrons. The number of carbonyl (C=O) groups excluding carboxylic acids is 2. The molecular formula is C12H15N3O4. The Balaban J connectivity index is 2.67. The van der Waals surface area contributed by atoms with Crippen LogP contribution in [0.5, 0.6) is 0 Å². The van der Waals surface area contributed by atoms with Crippen molar-refractivity contribution in [2.24, 2.45) is 5.73 Å². The summed E-state index contributed by atoms with van der Waals surface area (Å²) < 4.78 is 0. The van der Waals surface area contributed by atoms with Gasteiger partial charge in [-0.3, -0.25) is 9.59 Å². The lowest BCUT2D eigenvalue weighted by Gasteiger charge is -2.08. The van der Waals surface area contributed by atoms with Crippen LogP contribution >= 0.6 is 0 Å². The van der Waals surface area contributed by atoms with Crippen LogP contribution in [0.15, 0.2) is 18.2 Å². The van der Waals surface area contributed by atoms with Crippen LogP contribution in [0.1, 0.15) is 15.9 Å². The molecule has 0 aliphatic heterocycles. The fourth-order valence-electron chi connectivity index (χ4n) is 1.39. The van der Waals surface area contributed by atoms with Crippen LogP contribution in [0.3, 0.4) is 0 Å². The van der Waals surface area contributed by atoms with Crippen molar-refractivity contribution < 1.29 is 19.5 Å². The van der Waals surface area contributed by atoms with Crippen molar-refractivity contribution in [3.8, 4) is 0 Å². The van der Waals surface area contributed by atoms with E-state index in [4.69, 9.17) is 10.8 Å². The molecule has 0 saturated carbocycles. The van der Waals surface area contributed by atoms with Crippen LogP contribution in [0, 0.1) is 6.92 Å². The van der Waals surface area contributed by atoms with Gasteiger partial charge in [0.25, 0.3) is 0 Å². The smallest absolute Gasteiger partial charge is 0.336 e. The van der Waals surface area contributed by atoms with Crippen LogP contribution in [0.4, 0.5) is 5.69 Å². The van der Waals surface area contributed by atoms with Crippen molar-refractivity contribution >= 4 is 23.5 Å². The number of benzene rings is 1. The SMILES string of the molecule is Cc1ccc(NC(=O)CNC(=O)CN)cc1C(=O)O. The van der Waals surface area contributed by atoms with Gasteiger partial charge in [-0.05, 0) is 24.6 Å². The molecule has 7 nitrogen and oxygen atoms in total. The molecule has 1 rings (SSSR count). The monoisotopic (exact) mass is 265 g/mol. The maximum Gasteiger partial charge on any atom is 0.336 e. The lowest BCUT2D eigenvalue weighted by Crippen LogP contribution is -2.36. The van der Waals surface area contributed by atoms with E-state index >= 15 is 0 Å². The van der Waals surface area contributed by atoms with Crippen molar-refractivity contribution in [1.29, 1.82) is 0 Å². The topological polar surface area (TPSA) is 122 Å². The lowest BCUT2D eigenvalue weighted by atomic mass is 10.1. The quantitative estimate of drug-likeness (QED) is 0.582. The average molecular weight is 265 g/mol. The van der Waals surface area contributed by atoms with Gasteiger partial charge < -0.3 is 21.5 Å². The largest absolute Gasteiger partial charge is 0.478 e. The Hall–Kier alpha value is -2.41. The van der Waals surface area contributed by atoms with Gasteiger partial charge in [-0.2, -0.15) is 0 Å². The Bertz CT molecular complexity index is 514. The number of aromatic carboxylic acids is 1. The summed E-state index contributed by atoms with van der Waals surface area (Å²) in [6.45, 7) is 1.25. The zero-order valence-electron chi connectivity index (χ0n) is 10.4. The molecule has 0 aliphatic carbocycles. The first kappa shape index (κ1) is 14.7. The molecule has 19 heavy (non-hydrogen) atoms. The van der Waals surface area contributed by atoms with E-state index in [0.717, 1.165) is 0 Å². The van der Waals surface area contributed by atoms with E-state index in [-0.39, 0.29) is 18.7 Å². The van der Waals surface area contributed by atoms with Crippen molar-refractivity contribution in [2.75, 3.05) is 18.4 Å². The van der Waals surface area contributed by atoms with Crippen molar-refractivity contribution in [1.82, 2.24) is 5.32 Å². The summed E-state index contributed by atoms with van der Waals surface area (Å²) in [5.41, 5.74) is 6.14. The summed E-state index contributed by atoms with van der Waals surface area (Å²) >= 11 is 0. The number of nitrogens with two attached hydrogens (primary N) is 1. The second kappa shape index (κ2) is 6.50. The minimum atomic E-state index is -1.06. The van der Waals surface area contributed by atoms with E-state index in [1.54, 1.807) is 19.1 Å². The second-order valence-electron chi connectivity index (χ2n) is 3.86. The Morgan fingerprint density at radius 1 is 1.26 bits per heavy atom. The predicted octanol–water partition coefficient (Wildman–Crippen LogP) is -0.293. The normalized spacial score (nSPS) is 9.79. The van der Waals surface area contributed by atoms with Gasteiger partial charge in [-0.1, -0.05) is 6.07 Å². The van der Waals surface area contributed by atoms with Crippen LogP contribution < -0.4 is 16.4 Å². The number of aryl methyl sites for hydroxylation is 1. The summed E-state index contributed by atoms with van der Waals surface area (Å²) in [7, 11) is 0. The molecular weight excluding hydrogens is 250 g/mol. The van der Waals surface area contributed by atoms with Gasteiger partial charge in [0.05, 0.1) is 18.7 Å². The molecule has 1 aromatic rings. The Labute approximate surface area is 109 Å². The fraction of sp³-hybridized carbons (Fsp3) is 0.250. The number of nitrogens with one attached hydrogen (secondary N) is 2. The molecule has 0 heterocycles. The van der Waals surface area contributed by atoms with Crippen LogP contribution in [0.2, 0.25) is 0 Å². The zero-order chi connectivity index (χ0) is 14.4. The molecule has 7 heteroatoms. The van der Waals surface area contributed by atoms with E-state index in [0.29, 0.717) is 11.3 Å². The fourth-order valence-corrected chi connectivity index (χ4v) is 1.39. The Morgan fingerprint density at radius 2 is 1.95 bits per heavy atom. The average Bonchev–Trinajstić information content (AvgIpc) is 2.37. The second-order valence-corrected chi connectivity index (χ2v) is 3.86. The molecule has 0 aliphatic rings. The first-order chi connectivity index (χ1) is 8.93. The van der Waals surface area contributed by atoms with Crippen LogP contribution in [0.25, 0.3) is 0 Å². The number of anilines is 1.